The molecule has 1 rings (SSSR count). The van der Waals surface area contributed by atoms with Crippen molar-refractivity contribution in [2.24, 2.45) is 0 Å². The summed E-state index contributed by atoms with van der Waals surface area (Å²) in [4.78, 5) is 0. The molecule has 0 aromatic carbocycles. The maximum Gasteiger partial charge on any atom is 0.0492 e. The molecule has 1 N–H and O–H groups in total. The Balaban J connectivity index is 2.78. The minimum Gasteiger partial charge on any atom is -0.396 e. The van der Waals surface area contributed by atoms with Gasteiger partial charge in [0.25, 0.3) is 0 Å². The SMILES string of the molecule is CC(C)n1nccc1CCO. The van der Waals surface area contributed by atoms with E-state index in [9.17, 15) is 0 Å². The van der Waals surface area contributed by atoms with Crippen LogP contribution in [0.15, 0.2) is 12.3 Å². The van der Waals surface area contributed by atoms with Crippen LogP contribution in [0.25, 0.3) is 0 Å². The minimum absolute atomic E-state index is 0.193. The van der Waals surface area contributed by atoms with E-state index < -0.39 is 0 Å². The van der Waals surface area contributed by atoms with E-state index in [-0.39, 0.29) is 6.61 Å². The van der Waals surface area contributed by atoms with Crippen LogP contribution >= 0.6 is 0 Å². The summed E-state index contributed by atoms with van der Waals surface area (Å²) in [5.74, 6) is 0. The van der Waals surface area contributed by atoms with Gasteiger partial charge in [-0.25, -0.2) is 0 Å². The predicted octanol–water partition coefficient (Wildman–Crippen LogP) is 0.999. The molecule has 3 heteroatoms. The lowest BCUT2D eigenvalue weighted by molar-refractivity contribution is 0.294. The summed E-state index contributed by atoms with van der Waals surface area (Å²) in [6.45, 7) is 4.35. The highest BCUT2D eigenvalue weighted by Crippen LogP contribution is 2.07. The standard InChI is InChI=1S/C8H14N2O/c1-7(2)10-8(4-6-11)3-5-9-10/h3,5,7,11H,4,6H2,1-2H3. The van der Waals surface area contributed by atoms with Gasteiger partial charge in [0.15, 0.2) is 0 Å². The highest BCUT2D eigenvalue weighted by atomic mass is 16.3. The van der Waals surface area contributed by atoms with Gasteiger partial charge in [-0.2, -0.15) is 5.10 Å². The van der Waals surface area contributed by atoms with Crippen molar-refractivity contribution in [2.45, 2.75) is 26.3 Å². The topological polar surface area (TPSA) is 38.0 Å². The molecule has 11 heavy (non-hydrogen) atoms. The molecule has 0 aliphatic rings. The summed E-state index contributed by atoms with van der Waals surface area (Å²) in [5.41, 5.74) is 1.10. The Morgan fingerprint density at radius 2 is 2.36 bits per heavy atom. The molecule has 0 saturated carbocycles. The van der Waals surface area contributed by atoms with Crippen LogP contribution < -0.4 is 0 Å². The molecule has 1 heterocycles. The molecule has 0 saturated heterocycles. The predicted molar refractivity (Wildman–Crippen MR) is 43.4 cm³/mol. The first-order valence-electron chi connectivity index (χ1n) is 3.89. The summed E-state index contributed by atoms with van der Waals surface area (Å²) in [6.07, 6.45) is 2.46. The van der Waals surface area contributed by atoms with Crippen molar-refractivity contribution in [1.29, 1.82) is 0 Å². The summed E-state index contributed by atoms with van der Waals surface area (Å²) in [5, 5.41) is 12.8. The van der Waals surface area contributed by atoms with E-state index in [1.54, 1.807) is 6.20 Å². The molecule has 0 unspecified atom stereocenters. The van der Waals surface area contributed by atoms with E-state index in [0.29, 0.717) is 12.5 Å². The first-order valence-corrected chi connectivity index (χ1v) is 3.89. The quantitative estimate of drug-likeness (QED) is 0.705. The molecular weight excluding hydrogens is 140 g/mol. The zero-order valence-electron chi connectivity index (χ0n) is 6.99. The van der Waals surface area contributed by atoms with Gasteiger partial charge in [-0.05, 0) is 19.9 Å². The molecule has 0 amide bonds. The summed E-state index contributed by atoms with van der Waals surface area (Å²) in [6, 6.07) is 2.32. The smallest absolute Gasteiger partial charge is 0.0492 e. The molecule has 0 atom stereocenters. The van der Waals surface area contributed by atoms with Crippen molar-refractivity contribution < 1.29 is 5.11 Å². The fourth-order valence-electron chi connectivity index (χ4n) is 1.12. The Hall–Kier alpha value is -0.830. The summed E-state index contributed by atoms with van der Waals surface area (Å²) < 4.78 is 1.93. The number of aliphatic hydroxyl groups is 1. The molecule has 3 nitrogen and oxygen atoms in total. The van der Waals surface area contributed by atoms with Gasteiger partial charge < -0.3 is 5.11 Å². The van der Waals surface area contributed by atoms with Gasteiger partial charge in [0.2, 0.25) is 0 Å². The fraction of sp³-hybridized carbons (Fsp3) is 0.625. The number of rotatable bonds is 3. The molecular formula is C8H14N2O. The third-order valence-electron chi connectivity index (χ3n) is 1.61. The molecule has 0 radical (unpaired) electrons. The van der Waals surface area contributed by atoms with Gasteiger partial charge in [0.1, 0.15) is 0 Å². The number of aliphatic hydroxyl groups excluding tert-OH is 1. The lowest BCUT2D eigenvalue weighted by Crippen LogP contribution is -2.08. The van der Waals surface area contributed by atoms with Crippen molar-refractivity contribution >= 4 is 0 Å². The summed E-state index contributed by atoms with van der Waals surface area (Å²) in [7, 11) is 0. The van der Waals surface area contributed by atoms with E-state index in [0.717, 1.165) is 5.69 Å². The van der Waals surface area contributed by atoms with Crippen LogP contribution in [0.4, 0.5) is 0 Å². The van der Waals surface area contributed by atoms with E-state index in [1.807, 2.05) is 10.7 Å². The van der Waals surface area contributed by atoms with Crippen molar-refractivity contribution in [3.63, 3.8) is 0 Å². The molecule has 0 bridgehead atoms. The van der Waals surface area contributed by atoms with Gasteiger partial charge in [-0.3, -0.25) is 4.68 Å². The van der Waals surface area contributed by atoms with Gasteiger partial charge in [-0.1, -0.05) is 0 Å². The Labute approximate surface area is 66.7 Å². The van der Waals surface area contributed by atoms with E-state index in [2.05, 4.69) is 18.9 Å². The molecule has 0 aliphatic heterocycles. The number of hydrogen-bond acceptors (Lipinski definition) is 2. The van der Waals surface area contributed by atoms with E-state index in [1.165, 1.54) is 0 Å². The second-order valence-electron chi connectivity index (χ2n) is 2.83. The maximum atomic E-state index is 8.70. The Morgan fingerprint density at radius 1 is 1.64 bits per heavy atom. The van der Waals surface area contributed by atoms with Crippen molar-refractivity contribution in [3.8, 4) is 0 Å². The van der Waals surface area contributed by atoms with Crippen LogP contribution in [-0.2, 0) is 6.42 Å². The van der Waals surface area contributed by atoms with Crippen LogP contribution in [0.3, 0.4) is 0 Å². The second kappa shape index (κ2) is 3.53. The number of nitrogens with zero attached hydrogens (tertiary/aromatic N) is 2. The van der Waals surface area contributed by atoms with Crippen molar-refractivity contribution in [1.82, 2.24) is 9.78 Å². The van der Waals surface area contributed by atoms with Crippen molar-refractivity contribution in [3.05, 3.63) is 18.0 Å². The largest absolute Gasteiger partial charge is 0.396 e. The number of hydrogen-bond donors (Lipinski definition) is 1. The lowest BCUT2D eigenvalue weighted by atomic mass is 10.3. The third kappa shape index (κ3) is 1.80. The highest BCUT2D eigenvalue weighted by molar-refractivity contribution is 5.01. The first-order chi connectivity index (χ1) is 5.25. The van der Waals surface area contributed by atoms with Crippen molar-refractivity contribution in [2.75, 3.05) is 6.61 Å². The average molecular weight is 154 g/mol. The van der Waals surface area contributed by atoms with Crippen LogP contribution in [0, 0.1) is 0 Å². The minimum atomic E-state index is 0.193. The van der Waals surface area contributed by atoms with Crippen LogP contribution in [0.5, 0.6) is 0 Å². The Morgan fingerprint density at radius 3 is 2.91 bits per heavy atom. The van der Waals surface area contributed by atoms with Gasteiger partial charge >= 0.3 is 0 Å². The number of aromatic nitrogens is 2. The lowest BCUT2D eigenvalue weighted by Gasteiger charge is -2.09. The zero-order chi connectivity index (χ0) is 8.27. The molecule has 1 aromatic heterocycles. The van der Waals surface area contributed by atoms with Gasteiger partial charge in [0.05, 0.1) is 0 Å². The highest BCUT2D eigenvalue weighted by Gasteiger charge is 2.03. The normalized spacial score (nSPS) is 10.9. The summed E-state index contributed by atoms with van der Waals surface area (Å²) >= 11 is 0. The monoisotopic (exact) mass is 154 g/mol. The van der Waals surface area contributed by atoms with Gasteiger partial charge in [0, 0.05) is 31.0 Å². The Kier molecular flexibility index (Phi) is 2.65. The maximum absolute atomic E-state index is 8.70. The molecule has 0 aliphatic carbocycles. The Bertz CT molecular complexity index is 218. The first kappa shape index (κ1) is 8.27. The molecule has 1 aromatic rings. The molecule has 0 fully saturated rings. The fourth-order valence-corrected chi connectivity index (χ4v) is 1.12. The zero-order valence-corrected chi connectivity index (χ0v) is 6.99. The average Bonchev–Trinajstić information content (AvgIpc) is 2.36. The van der Waals surface area contributed by atoms with E-state index >= 15 is 0 Å². The van der Waals surface area contributed by atoms with Gasteiger partial charge in [-0.15, -0.1) is 0 Å². The van der Waals surface area contributed by atoms with Crippen LogP contribution in [0.2, 0.25) is 0 Å². The van der Waals surface area contributed by atoms with Crippen LogP contribution in [-0.4, -0.2) is 21.5 Å². The van der Waals surface area contributed by atoms with Crippen LogP contribution in [0.1, 0.15) is 25.6 Å². The van der Waals surface area contributed by atoms with E-state index in [4.69, 9.17) is 5.11 Å². The third-order valence-corrected chi connectivity index (χ3v) is 1.61. The molecule has 62 valence electrons. The molecule has 0 spiro atoms. The second-order valence-corrected chi connectivity index (χ2v) is 2.83.